The molecule has 1 saturated heterocycles. The second kappa shape index (κ2) is 12.1. The molecule has 1 amide bonds. The molecule has 1 aliphatic heterocycles. The van der Waals surface area contributed by atoms with Gasteiger partial charge in [0.05, 0.1) is 0 Å². The zero-order chi connectivity index (χ0) is 25.7. The summed E-state index contributed by atoms with van der Waals surface area (Å²) < 4.78 is 11.3. The number of piperazine rings is 1. The number of amides is 1. The molecule has 7 nitrogen and oxygen atoms in total. The molecule has 0 radical (unpaired) electrons. The summed E-state index contributed by atoms with van der Waals surface area (Å²) in [6.07, 6.45) is 0.225. The van der Waals surface area contributed by atoms with Crippen LogP contribution in [-0.2, 0) is 30.5 Å². The lowest BCUT2D eigenvalue weighted by Gasteiger charge is -2.38. The minimum Gasteiger partial charge on any atom is -0.460 e. The van der Waals surface area contributed by atoms with Crippen molar-refractivity contribution in [3.8, 4) is 0 Å². The molecule has 2 atom stereocenters. The summed E-state index contributed by atoms with van der Waals surface area (Å²) in [4.78, 5) is 43.7. The van der Waals surface area contributed by atoms with E-state index in [1.54, 1.807) is 17.9 Å². The summed E-state index contributed by atoms with van der Waals surface area (Å²) in [7, 11) is 0. The molecular formula is C27H30Cl2N2O5. The van der Waals surface area contributed by atoms with Gasteiger partial charge < -0.3 is 19.3 Å². The minimum atomic E-state index is -1.28. The zero-order valence-electron chi connectivity index (χ0n) is 20.2. The molecule has 2 aromatic carbocycles. The highest BCUT2D eigenvalue weighted by atomic mass is 35.5. The standard InChI is InChI=1S/C27H30Cl2N2O5/c1-2-35-25(23(24(32)19-8-9-19)27(34)36-17-18-6-4-3-5-7-18)26(33)31-12-10-30(11-13-31)22-15-20(28)14-21(29)16-22/h3-7,14-16,19,23,25H,2,8-13,17H2,1H3. The normalized spacial score (nSPS) is 17.4. The first kappa shape index (κ1) is 26.5. The van der Waals surface area contributed by atoms with E-state index >= 15 is 0 Å². The van der Waals surface area contributed by atoms with Gasteiger partial charge in [-0.05, 0) is 43.5 Å². The maximum Gasteiger partial charge on any atom is 0.320 e. The van der Waals surface area contributed by atoms with Crippen molar-refractivity contribution in [2.45, 2.75) is 32.5 Å². The van der Waals surface area contributed by atoms with Crippen LogP contribution in [0.4, 0.5) is 5.69 Å². The predicted molar refractivity (Wildman–Crippen MR) is 138 cm³/mol. The van der Waals surface area contributed by atoms with Gasteiger partial charge in [-0.25, -0.2) is 0 Å². The van der Waals surface area contributed by atoms with Crippen LogP contribution >= 0.6 is 23.2 Å². The lowest BCUT2D eigenvalue weighted by atomic mass is 9.92. The Bertz CT molecular complexity index is 1060. The number of hydrogen-bond acceptors (Lipinski definition) is 6. The highest BCUT2D eigenvalue weighted by Crippen LogP contribution is 2.35. The van der Waals surface area contributed by atoms with E-state index in [4.69, 9.17) is 32.7 Å². The van der Waals surface area contributed by atoms with Crippen molar-refractivity contribution in [2.75, 3.05) is 37.7 Å². The molecule has 2 unspecified atom stereocenters. The Hall–Kier alpha value is -2.61. The average Bonchev–Trinajstić information content (AvgIpc) is 3.72. The van der Waals surface area contributed by atoms with Gasteiger partial charge in [0.2, 0.25) is 0 Å². The van der Waals surface area contributed by atoms with Crippen LogP contribution in [0.25, 0.3) is 0 Å². The molecule has 0 N–H and O–H groups in total. The van der Waals surface area contributed by atoms with Crippen LogP contribution in [0, 0.1) is 11.8 Å². The Kier molecular flexibility index (Phi) is 8.88. The summed E-state index contributed by atoms with van der Waals surface area (Å²) in [5.41, 5.74) is 1.69. The number of benzene rings is 2. The quantitative estimate of drug-likeness (QED) is 0.333. The molecule has 2 aliphatic rings. The van der Waals surface area contributed by atoms with E-state index in [0.29, 0.717) is 36.2 Å². The van der Waals surface area contributed by atoms with E-state index in [-0.39, 0.29) is 30.8 Å². The van der Waals surface area contributed by atoms with E-state index in [2.05, 4.69) is 4.90 Å². The maximum atomic E-state index is 13.6. The minimum absolute atomic E-state index is 0.0298. The molecule has 2 fully saturated rings. The third kappa shape index (κ3) is 6.58. The van der Waals surface area contributed by atoms with Gasteiger partial charge in [-0.15, -0.1) is 0 Å². The molecule has 9 heteroatoms. The first-order chi connectivity index (χ1) is 17.4. The summed E-state index contributed by atoms with van der Waals surface area (Å²) >= 11 is 12.3. The number of halogens is 2. The van der Waals surface area contributed by atoms with Crippen molar-refractivity contribution in [2.24, 2.45) is 11.8 Å². The van der Waals surface area contributed by atoms with Crippen molar-refractivity contribution >= 4 is 46.5 Å². The number of rotatable bonds is 10. The monoisotopic (exact) mass is 532 g/mol. The van der Waals surface area contributed by atoms with Crippen molar-refractivity contribution in [1.82, 2.24) is 4.90 Å². The fourth-order valence-corrected chi connectivity index (χ4v) is 4.92. The molecule has 0 bridgehead atoms. The Morgan fingerprint density at radius 3 is 2.19 bits per heavy atom. The number of carbonyl (C=O) groups is 3. The van der Waals surface area contributed by atoms with E-state index in [9.17, 15) is 14.4 Å². The van der Waals surface area contributed by atoms with Crippen molar-refractivity contribution in [3.63, 3.8) is 0 Å². The smallest absolute Gasteiger partial charge is 0.320 e. The molecule has 2 aromatic rings. The number of carbonyl (C=O) groups excluding carboxylic acids is 3. The number of nitrogens with zero attached hydrogens (tertiary/aromatic N) is 2. The molecule has 36 heavy (non-hydrogen) atoms. The van der Waals surface area contributed by atoms with Crippen molar-refractivity contribution in [1.29, 1.82) is 0 Å². The molecule has 0 spiro atoms. The number of esters is 1. The number of ketones is 1. The van der Waals surface area contributed by atoms with E-state index < -0.39 is 18.0 Å². The summed E-state index contributed by atoms with van der Waals surface area (Å²) in [5, 5.41) is 1.09. The predicted octanol–water partition coefficient (Wildman–Crippen LogP) is 4.39. The van der Waals surface area contributed by atoms with Crippen LogP contribution in [0.15, 0.2) is 48.5 Å². The summed E-state index contributed by atoms with van der Waals surface area (Å²) in [6, 6.07) is 14.6. The number of ether oxygens (including phenoxy) is 2. The molecule has 192 valence electrons. The first-order valence-corrected chi connectivity index (χ1v) is 13.0. The van der Waals surface area contributed by atoms with Crippen molar-refractivity contribution in [3.05, 3.63) is 64.1 Å². The van der Waals surface area contributed by atoms with Gasteiger partial charge in [-0.3, -0.25) is 14.4 Å². The average molecular weight is 533 g/mol. The first-order valence-electron chi connectivity index (χ1n) is 12.2. The fourth-order valence-electron chi connectivity index (χ4n) is 4.41. The number of Topliss-reactive ketones (excluding diaryl/α,β-unsaturated/α-hetero) is 1. The second-order valence-electron chi connectivity index (χ2n) is 9.06. The molecule has 0 aromatic heterocycles. The summed E-state index contributed by atoms with van der Waals surface area (Å²) in [5.74, 6) is -2.85. The van der Waals surface area contributed by atoms with E-state index in [1.807, 2.05) is 42.5 Å². The zero-order valence-corrected chi connectivity index (χ0v) is 21.7. The maximum absolute atomic E-state index is 13.6. The molecular weight excluding hydrogens is 503 g/mol. The van der Waals surface area contributed by atoms with Crippen LogP contribution in [0.1, 0.15) is 25.3 Å². The van der Waals surface area contributed by atoms with Gasteiger partial charge in [0.25, 0.3) is 5.91 Å². The van der Waals surface area contributed by atoms with Gasteiger partial charge in [0.1, 0.15) is 6.61 Å². The van der Waals surface area contributed by atoms with Gasteiger partial charge in [0, 0.05) is 54.4 Å². The Balaban J connectivity index is 1.46. The van der Waals surface area contributed by atoms with Gasteiger partial charge in [-0.1, -0.05) is 53.5 Å². The second-order valence-corrected chi connectivity index (χ2v) is 9.94. The Morgan fingerprint density at radius 1 is 0.972 bits per heavy atom. The fraction of sp³-hybridized carbons (Fsp3) is 0.444. The number of anilines is 1. The van der Waals surface area contributed by atoms with Gasteiger partial charge in [0.15, 0.2) is 17.8 Å². The van der Waals surface area contributed by atoms with E-state index in [1.165, 1.54) is 0 Å². The lowest BCUT2D eigenvalue weighted by Crippen LogP contribution is -2.55. The number of hydrogen-bond donors (Lipinski definition) is 0. The largest absolute Gasteiger partial charge is 0.460 e. The molecule has 4 rings (SSSR count). The van der Waals surface area contributed by atoms with Crippen LogP contribution < -0.4 is 4.90 Å². The highest BCUT2D eigenvalue weighted by Gasteiger charge is 2.48. The topological polar surface area (TPSA) is 76.2 Å². The molecule has 1 aliphatic carbocycles. The third-order valence-corrected chi connectivity index (χ3v) is 6.90. The van der Waals surface area contributed by atoms with Gasteiger partial charge >= 0.3 is 5.97 Å². The van der Waals surface area contributed by atoms with E-state index in [0.717, 1.165) is 24.1 Å². The van der Waals surface area contributed by atoms with Crippen LogP contribution in [0.3, 0.4) is 0 Å². The van der Waals surface area contributed by atoms with Gasteiger partial charge in [-0.2, -0.15) is 0 Å². The molecule has 1 saturated carbocycles. The van der Waals surface area contributed by atoms with Crippen LogP contribution in [-0.4, -0.2) is 61.4 Å². The Morgan fingerprint density at radius 2 is 1.61 bits per heavy atom. The molecule has 1 heterocycles. The summed E-state index contributed by atoms with van der Waals surface area (Å²) in [6.45, 7) is 3.91. The Labute approximate surface area is 221 Å². The van der Waals surface area contributed by atoms with Crippen LogP contribution in [0.2, 0.25) is 10.0 Å². The van der Waals surface area contributed by atoms with Crippen LogP contribution in [0.5, 0.6) is 0 Å². The SMILES string of the molecule is CCOC(C(=O)N1CCN(c2cc(Cl)cc(Cl)c2)CC1)C(C(=O)OCc1ccccc1)C(=O)C1CC1. The highest BCUT2D eigenvalue weighted by molar-refractivity contribution is 6.35. The third-order valence-electron chi connectivity index (χ3n) is 6.46. The lowest BCUT2D eigenvalue weighted by molar-refractivity contribution is -0.168. The van der Waals surface area contributed by atoms with Crippen molar-refractivity contribution < 1.29 is 23.9 Å².